The highest BCUT2D eigenvalue weighted by Crippen LogP contribution is 2.22. The average Bonchev–Trinajstić information content (AvgIpc) is 2.91. The molecule has 3 aromatic carbocycles. The topological polar surface area (TPSA) is 80.2 Å². The summed E-state index contributed by atoms with van der Waals surface area (Å²) in [4.78, 5) is 38.9. The Kier molecular flexibility index (Phi) is 7.69. The molecule has 37 heavy (non-hydrogen) atoms. The first-order chi connectivity index (χ1) is 17.8. The van der Waals surface area contributed by atoms with Crippen molar-refractivity contribution in [1.82, 2.24) is 9.88 Å². The molecule has 0 aliphatic carbocycles. The van der Waals surface area contributed by atoms with Gasteiger partial charge in [0, 0.05) is 11.1 Å². The highest BCUT2D eigenvalue weighted by atomic mass is 19.1. The third-order valence-electron chi connectivity index (χ3n) is 6.03. The van der Waals surface area contributed by atoms with E-state index >= 15 is 0 Å². The number of ketones is 1. The van der Waals surface area contributed by atoms with Crippen molar-refractivity contribution in [3.8, 4) is 11.3 Å². The fourth-order valence-corrected chi connectivity index (χ4v) is 3.84. The molecule has 1 heterocycles. The van der Waals surface area contributed by atoms with Gasteiger partial charge in [0.25, 0.3) is 5.56 Å². The molecule has 4 rings (SSSR count). The number of rotatable bonds is 8. The van der Waals surface area contributed by atoms with Crippen molar-refractivity contribution in [1.29, 1.82) is 0 Å². The number of benzene rings is 3. The molecule has 0 aliphatic heterocycles. The second kappa shape index (κ2) is 11.1. The van der Waals surface area contributed by atoms with Crippen molar-refractivity contribution in [3.63, 3.8) is 0 Å². The van der Waals surface area contributed by atoms with Gasteiger partial charge in [-0.2, -0.15) is 0 Å². The molecule has 0 fully saturated rings. The second-order valence-corrected chi connectivity index (χ2v) is 8.57. The Labute approximate surface area is 212 Å². The zero-order valence-electron chi connectivity index (χ0n) is 20.3. The Bertz CT molecular complexity index is 1500. The van der Waals surface area contributed by atoms with Crippen molar-refractivity contribution < 1.29 is 18.4 Å². The Morgan fingerprint density at radius 2 is 1.51 bits per heavy atom. The van der Waals surface area contributed by atoms with Crippen LogP contribution < -0.4 is 16.2 Å². The summed E-state index contributed by atoms with van der Waals surface area (Å²) in [6.07, 6.45) is 0. The number of nitrogens with zero attached hydrogens (tertiary/aromatic N) is 1. The first kappa shape index (κ1) is 25.7. The lowest BCUT2D eigenvalue weighted by atomic mass is 10.0. The van der Waals surface area contributed by atoms with Crippen LogP contribution in [0.15, 0.2) is 89.7 Å². The number of pyridine rings is 1. The van der Waals surface area contributed by atoms with E-state index in [9.17, 15) is 23.2 Å². The maximum absolute atomic E-state index is 13.6. The normalized spacial score (nSPS) is 11.7. The van der Waals surface area contributed by atoms with Crippen LogP contribution in [0.25, 0.3) is 11.3 Å². The van der Waals surface area contributed by atoms with Gasteiger partial charge in [0.2, 0.25) is 5.91 Å². The number of likely N-dealkylation sites (N-methyl/N-ethyl adjacent to an activating group) is 1. The summed E-state index contributed by atoms with van der Waals surface area (Å²) in [5.74, 6) is -1.49. The Hall–Kier alpha value is -4.43. The summed E-state index contributed by atoms with van der Waals surface area (Å²) in [6.45, 7) is 1.76. The number of nitrogens with one attached hydrogen (secondary N) is 2. The van der Waals surface area contributed by atoms with Crippen LogP contribution in [0.1, 0.15) is 28.4 Å². The minimum Gasteiger partial charge on any atom is -0.320 e. The van der Waals surface area contributed by atoms with Gasteiger partial charge in [-0.15, -0.1) is 0 Å². The van der Waals surface area contributed by atoms with E-state index in [0.717, 1.165) is 0 Å². The van der Waals surface area contributed by atoms with Gasteiger partial charge >= 0.3 is 0 Å². The number of hydrogen-bond donors (Lipinski definition) is 2. The SMILES string of the molecule is CN[C@@H](C)C(=O)Nc1ccc(-c2ccc(F)cc2)n(Cc2cccc(C(=O)c3ccc(F)cc3)c2)c1=O. The molecule has 6 nitrogen and oxygen atoms in total. The first-order valence-corrected chi connectivity index (χ1v) is 11.6. The van der Waals surface area contributed by atoms with Gasteiger partial charge in [-0.3, -0.25) is 14.4 Å². The third kappa shape index (κ3) is 5.87. The van der Waals surface area contributed by atoms with Gasteiger partial charge < -0.3 is 15.2 Å². The van der Waals surface area contributed by atoms with E-state index in [2.05, 4.69) is 10.6 Å². The summed E-state index contributed by atoms with van der Waals surface area (Å²) >= 11 is 0. The van der Waals surface area contributed by atoms with E-state index in [1.165, 1.54) is 47.0 Å². The van der Waals surface area contributed by atoms with Crippen LogP contribution >= 0.6 is 0 Å². The summed E-state index contributed by atoms with van der Waals surface area (Å²) < 4.78 is 28.3. The fraction of sp³-hybridized carbons (Fsp3) is 0.138. The summed E-state index contributed by atoms with van der Waals surface area (Å²) in [5.41, 5.74) is 2.15. The number of hydrogen-bond acceptors (Lipinski definition) is 4. The van der Waals surface area contributed by atoms with Crippen molar-refractivity contribution in [3.05, 3.63) is 124 Å². The van der Waals surface area contributed by atoms with Crippen molar-refractivity contribution in [2.45, 2.75) is 19.5 Å². The molecule has 1 aromatic heterocycles. The maximum Gasteiger partial charge on any atom is 0.275 e. The summed E-state index contributed by atoms with van der Waals surface area (Å²) in [5, 5.41) is 5.48. The van der Waals surface area contributed by atoms with Crippen LogP contribution in [0.4, 0.5) is 14.5 Å². The number of carbonyl (C=O) groups is 2. The molecular weight excluding hydrogens is 476 g/mol. The standard InChI is InChI=1S/C29H25F2N3O3/c1-18(32-2)28(36)33-25-14-15-26(20-6-10-23(30)11-7-20)34(29(25)37)17-19-4-3-5-22(16-19)27(35)21-8-12-24(31)13-9-21/h3-16,18,32H,17H2,1-2H3,(H,33,36)/t18-/m0/s1. The Balaban J connectivity index is 1.74. The lowest BCUT2D eigenvalue weighted by Crippen LogP contribution is -2.37. The molecular formula is C29H25F2N3O3. The van der Waals surface area contributed by atoms with Crippen LogP contribution in [0.2, 0.25) is 0 Å². The zero-order chi connectivity index (χ0) is 26.5. The van der Waals surface area contributed by atoms with Crippen molar-refractivity contribution in [2.24, 2.45) is 0 Å². The molecule has 1 amide bonds. The smallest absolute Gasteiger partial charge is 0.275 e. The predicted octanol–water partition coefficient (Wildman–Crippen LogP) is 4.62. The maximum atomic E-state index is 13.6. The Morgan fingerprint density at radius 1 is 0.865 bits per heavy atom. The molecule has 1 atom stereocenters. The highest BCUT2D eigenvalue weighted by molar-refractivity contribution is 6.09. The average molecular weight is 502 g/mol. The molecule has 0 bridgehead atoms. The van der Waals surface area contributed by atoms with E-state index in [0.29, 0.717) is 27.9 Å². The van der Waals surface area contributed by atoms with E-state index in [-0.39, 0.29) is 23.9 Å². The van der Waals surface area contributed by atoms with Gasteiger partial charge in [-0.25, -0.2) is 8.78 Å². The number of halogens is 2. The van der Waals surface area contributed by atoms with Crippen LogP contribution in [-0.2, 0) is 11.3 Å². The third-order valence-corrected chi connectivity index (χ3v) is 6.03. The van der Waals surface area contributed by atoms with E-state index in [1.54, 1.807) is 56.4 Å². The monoisotopic (exact) mass is 501 g/mol. The minimum absolute atomic E-state index is 0.0847. The van der Waals surface area contributed by atoms with Gasteiger partial charge in [0.15, 0.2) is 5.78 Å². The van der Waals surface area contributed by atoms with E-state index in [4.69, 9.17) is 0 Å². The Morgan fingerprint density at radius 3 is 2.16 bits per heavy atom. The fourth-order valence-electron chi connectivity index (χ4n) is 3.84. The van der Waals surface area contributed by atoms with Crippen LogP contribution in [0.3, 0.4) is 0 Å². The largest absolute Gasteiger partial charge is 0.320 e. The van der Waals surface area contributed by atoms with E-state index < -0.39 is 23.2 Å². The summed E-state index contributed by atoms with van der Waals surface area (Å²) in [7, 11) is 1.64. The van der Waals surface area contributed by atoms with Crippen LogP contribution in [-0.4, -0.2) is 29.3 Å². The molecule has 0 radical (unpaired) electrons. The van der Waals surface area contributed by atoms with Gasteiger partial charge in [-0.05, 0) is 91.8 Å². The molecule has 8 heteroatoms. The molecule has 0 spiro atoms. The number of anilines is 1. The quantitative estimate of drug-likeness (QED) is 0.346. The first-order valence-electron chi connectivity index (χ1n) is 11.6. The van der Waals surface area contributed by atoms with Crippen LogP contribution in [0.5, 0.6) is 0 Å². The number of carbonyl (C=O) groups excluding carboxylic acids is 2. The second-order valence-electron chi connectivity index (χ2n) is 8.57. The lowest BCUT2D eigenvalue weighted by molar-refractivity contribution is -0.117. The summed E-state index contributed by atoms with van der Waals surface area (Å²) in [6, 6.07) is 20.5. The zero-order valence-corrected chi connectivity index (χ0v) is 20.3. The molecule has 4 aromatic rings. The number of aromatic nitrogens is 1. The van der Waals surface area contributed by atoms with Gasteiger partial charge in [-0.1, -0.05) is 18.2 Å². The highest BCUT2D eigenvalue weighted by Gasteiger charge is 2.17. The molecule has 0 saturated carbocycles. The molecule has 0 unspecified atom stereocenters. The van der Waals surface area contributed by atoms with Crippen LogP contribution in [0, 0.1) is 11.6 Å². The molecule has 188 valence electrons. The van der Waals surface area contributed by atoms with Gasteiger partial charge in [0.05, 0.1) is 18.3 Å². The minimum atomic E-state index is -0.515. The van der Waals surface area contributed by atoms with Gasteiger partial charge in [0.1, 0.15) is 17.3 Å². The van der Waals surface area contributed by atoms with E-state index in [1.807, 2.05) is 0 Å². The number of amides is 1. The van der Waals surface area contributed by atoms with Crippen molar-refractivity contribution in [2.75, 3.05) is 12.4 Å². The molecule has 0 aliphatic rings. The lowest BCUT2D eigenvalue weighted by Gasteiger charge is -2.17. The molecule has 0 saturated heterocycles. The molecule has 2 N–H and O–H groups in total. The van der Waals surface area contributed by atoms with Crippen molar-refractivity contribution >= 4 is 17.4 Å². The predicted molar refractivity (Wildman–Crippen MR) is 139 cm³/mol.